The van der Waals surface area contributed by atoms with E-state index in [2.05, 4.69) is 35.1 Å². The highest BCUT2D eigenvalue weighted by atomic mass is 32.2. The minimum absolute atomic E-state index is 0.0964. The molecule has 0 radical (unpaired) electrons. The standard InChI is InChI=1S/C21H22N4OS/c1-13-8-10-16(11-9-13)19-22-21(24-23-19)27-15(3)20(26)25-14(2)12-17-6-4-5-7-18(17)25/h4-11,14-15H,12H2,1-3H3,(H,22,23,24)/t14-,15-/m1/s1. The molecule has 1 N–H and O–H groups in total. The van der Waals surface area contributed by atoms with E-state index < -0.39 is 0 Å². The van der Waals surface area contributed by atoms with Crippen molar-refractivity contribution in [1.82, 2.24) is 15.2 Å². The summed E-state index contributed by atoms with van der Waals surface area (Å²) in [5.41, 5.74) is 4.45. The largest absolute Gasteiger partial charge is 0.308 e. The Labute approximate surface area is 163 Å². The third-order valence-electron chi connectivity index (χ3n) is 4.86. The van der Waals surface area contributed by atoms with Crippen molar-refractivity contribution in [2.45, 2.75) is 43.6 Å². The number of thioether (sulfide) groups is 1. The average molecular weight is 379 g/mol. The van der Waals surface area contributed by atoms with Crippen LogP contribution in [0.5, 0.6) is 0 Å². The van der Waals surface area contributed by atoms with Crippen LogP contribution in [0.25, 0.3) is 11.4 Å². The highest BCUT2D eigenvalue weighted by Gasteiger charge is 2.33. The third kappa shape index (κ3) is 3.49. The second-order valence-electron chi connectivity index (χ2n) is 6.98. The minimum atomic E-state index is -0.264. The molecule has 0 bridgehead atoms. The SMILES string of the molecule is Cc1ccc(-c2nc(S[C@H](C)C(=O)N3c4ccccc4C[C@H]3C)n[nH]2)cc1. The van der Waals surface area contributed by atoms with Gasteiger partial charge in [0.2, 0.25) is 11.1 Å². The number of anilines is 1. The molecule has 3 aromatic rings. The molecule has 0 aliphatic carbocycles. The number of benzene rings is 2. The number of fused-ring (bicyclic) bond motifs is 1. The Bertz CT molecular complexity index is 966. The molecular formula is C21H22N4OS. The number of hydrogen-bond acceptors (Lipinski definition) is 4. The molecule has 0 spiro atoms. The molecule has 138 valence electrons. The van der Waals surface area contributed by atoms with Crippen LogP contribution in [-0.4, -0.2) is 32.4 Å². The topological polar surface area (TPSA) is 61.9 Å². The van der Waals surface area contributed by atoms with Gasteiger partial charge in [0.15, 0.2) is 5.82 Å². The van der Waals surface area contributed by atoms with Crippen LogP contribution < -0.4 is 4.90 Å². The molecule has 1 amide bonds. The number of rotatable bonds is 4. The van der Waals surface area contributed by atoms with E-state index in [0.717, 1.165) is 23.5 Å². The highest BCUT2D eigenvalue weighted by Crippen LogP contribution is 2.34. The summed E-state index contributed by atoms with van der Waals surface area (Å²) in [5, 5.41) is 7.58. The molecule has 1 aliphatic rings. The summed E-state index contributed by atoms with van der Waals surface area (Å²) >= 11 is 1.39. The lowest BCUT2D eigenvalue weighted by atomic mass is 10.1. The zero-order valence-corrected chi connectivity index (χ0v) is 16.5. The minimum Gasteiger partial charge on any atom is -0.308 e. The second kappa shape index (κ2) is 7.19. The Morgan fingerprint density at radius 1 is 1.22 bits per heavy atom. The molecule has 2 heterocycles. The Kier molecular flexibility index (Phi) is 4.74. The summed E-state index contributed by atoms with van der Waals surface area (Å²) < 4.78 is 0. The second-order valence-corrected chi connectivity index (χ2v) is 8.29. The van der Waals surface area contributed by atoms with Crippen molar-refractivity contribution in [1.29, 1.82) is 0 Å². The molecule has 0 unspecified atom stereocenters. The molecule has 0 saturated heterocycles. The molecule has 6 heteroatoms. The van der Waals surface area contributed by atoms with Crippen molar-refractivity contribution in [3.05, 3.63) is 59.7 Å². The van der Waals surface area contributed by atoms with Gasteiger partial charge >= 0.3 is 0 Å². The highest BCUT2D eigenvalue weighted by molar-refractivity contribution is 8.00. The number of aromatic amines is 1. The van der Waals surface area contributed by atoms with Gasteiger partial charge in [-0.25, -0.2) is 4.98 Å². The number of aryl methyl sites for hydroxylation is 1. The van der Waals surface area contributed by atoms with E-state index in [1.165, 1.54) is 22.9 Å². The Morgan fingerprint density at radius 3 is 2.74 bits per heavy atom. The van der Waals surface area contributed by atoms with Gasteiger partial charge in [-0.3, -0.25) is 9.89 Å². The van der Waals surface area contributed by atoms with Crippen LogP contribution >= 0.6 is 11.8 Å². The molecule has 4 rings (SSSR count). The van der Waals surface area contributed by atoms with Crippen molar-refractivity contribution in [3.8, 4) is 11.4 Å². The number of hydrogen-bond donors (Lipinski definition) is 1. The summed E-state index contributed by atoms with van der Waals surface area (Å²) in [6.07, 6.45) is 0.900. The number of carbonyl (C=O) groups excluding carboxylic acids is 1. The van der Waals surface area contributed by atoms with Crippen molar-refractivity contribution >= 4 is 23.4 Å². The first-order valence-electron chi connectivity index (χ1n) is 9.10. The fourth-order valence-corrected chi connectivity index (χ4v) is 4.22. The van der Waals surface area contributed by atoms with Crippen LogP contribution in [-0.2, 0) is 11.2 Å². The quantitative estimate of drug-likeness (QED) is 0.690. The predicted octanol–water partition coefficient (Wildman–Crippen LogP) is 4.24. The monoisotopic (exact) mass is 378 g/mol. The van der Waals surface area contributed by atoms with Gasteiger partial charge in [-0.05, 0) is 38.8 Å². The van der Waals surface area contributed by atoms with Gasteiger partial charge in [-0.15, -0.1) is 5.10 Å². The van der Waals surface area contributed by atoms with Crippen molar-refractivity contribution in [2.75, 3.05) is 4.90 Å². The average Bonchev–Trinajstić information content (AvgIpc) is 3.25. The number of para-hydroxylation sites is 1. The Morgan fingerprint density at radius 2 is 1.96 bits per heavy atom. The van der Waals surface area contributed by atoms with Gasteiger partial charge in [0.05, 0.1) is 5.25 Å². The zero-order chi connectivity index (χ0) is 19.0. The van der Waals surface area contributed by atoms with Crippen LogP contribution in [0, 0.1) is 6.92 Å². The Balaban J connectivity index is 1.49. The zero-order valence-electron chi connectivity index (χ0n) is 15.6. The number of nitrogens with zero attached hydrogens (tertiary/aromatic N) is 3. The first-order chi connectivity index (χ1) is 13.0. The predicted molar refractivity (Wildman–Crippen MR) is 109 cm³/mol. The lowest BCUT2D eigenvalue weighted by Gasteiger charge is -2.25. The maximum atomic E-state index is 13.1. The summed E-state index contributed by atoms with van der Waals surface area (Å²) in [6.45, 7) is 6.07. The number of aromatic nitrogens is 3. The summed E-state index contributed by atoms with van der Waals surface area (Å²) in [6, 6.07) is 16.4. The molecule has 1 aromatic heterocycles. The number of amides is 1. The molecule has 0 saturated carbocycles. The lowest BCUT2D eigenvalue weighted by molar-refractivity contribution is -0.118. The summed E-state index contributed by atoms with van der Waals surface area (Å²) in [7, 11) is 0. The number of nitrogens with one attached hydrogen (secondary N) is 1. The number of H-pyrrole nitrogens is 1. The molecule has 1 aliphatic heterocycles. The molecule has 2 atom stereocenters. The molecule has 27 heavy (non-hydrogen) atoms. The first-order valence-corrected chi connectivity index (χ1v) is 9.98. The molecule has 5 nitrogen and oxygen atoms in total. The van der Waals surface area contributed by atoms with Crippen LogP contribution in [0.2, 0.25) is 0 Å². The van der Waals surface area contributed by atoms with Crippen molar-refractivity contribution in [2.24, 2.45) is 0 Å². The maximum Gasteiger partial charge on any atom is 0.240 e. The van der Waals surface area contributed by atoms with Crippen LogP contribution in [0.4, 0.5) is 5.69 Å². The Hall–Kier alpha value is -2.60. The number of carbonyl (C=O) groups is 1. The van der Waals surface area contributed by atoms with Crippen molar-refractivity contribution in [3.63, 3.8) is 0 Å². The fraction of sp³-hybridized carbons (Fsp3) is 0.286. The molecule has 0 fully saturated rings. The van der Waals surface area contributed by atoms with Gasteiger partial charge in [-0.1, -0.05) is 59.8 Å². The van der Waals surface area contributed by atoms with E-state index in [9.17, 15) is 4.79 Å². The van der Waals surface area contributed by atoms with E-state index in [1.807, 2.05) is 54.3 Å². The summed E-state index contributed by atoms with van der Waals surface area (Å²) in [4.78, 5) is 19.5. The van der Waals surface area contributed by atoms with E-state index in [0.29, 0.717) is 5.16 Å². The van der Waals surface area contributed by atoms with Gasteiger partial charge < -0.3 is 4.90 Å². The van der Waals surface area contributed by atoms with Crippen LogP contribution in [0.15, 0.2) is 53.7 Å². The van der Waals surface area contributed by atoms with E-state index in [1.54, 1.807) is 0 Å². The first kappa shape index (κ1) is 17.8. The van der Waals surface area contributed by atoms with Gasteiger partial charge in [0.1, 0.15) is 0 Å². The van der Waals surface area contributed by atoms with Crippen LogP contribution in [0.3, 0.4) is 0 Å². The third-order valence-corrected chi connectivity index (χ3v) is 5.81. The van der Waals surface area contributed by atoms with Gasteiger partial charge in [0, 0.05) is 17.3 Å². The van der Waals surface area contributed by atoms with Gasteiger partial charge in [-0.2, -0.15) is 0 Å². The van der Waals surface area contributed by atoms with Crippen molar-refractivity contribution < 1.29 is 4.79 Å². The van der Waals surface area contributed by atoms with E-state index >= 15 is 0 Å². The van der Waals surface area contributed by atoms with Crippen LogP contribution in [0.1, 0.15) is 25.0 Å². The fourth-order valence-electron chi connectivity index (χ4n) is 3.45. The van der Waals surface area contributed by atoms with E-state index in [4.69, 9.17) is 0 Å². The summed E-state index contributed by atoms with van der Waals surface area (Å²) in [5.74, 6) is 0.816. The van der Waals surface area contributed by atoms with E-state index in [-0.39, 0.29) is 17.2 Å². The lowest BCUT2D eigenvalue weighted by Crippen LogP contribution is -2.40. The molecule has 2 aromatic carbocycles. The maximum absolute atomic E-state index is 13.1. The van der Waals surface area contributed by atoms with Gasteiger partial charge in [0.25, 0.3) is 0 Å². The smallest absolute Gasteiger partial charge is 0.240 e. The normalized spacial score (nSPS) is 17.0. The molecular weight excluding hydrogens is 356 g/mol.